The lowest BCUT2D eigenvalue weighted by molar-refractivity contribution is -0.142. The summed E-state index contributed by atoms with van der Waals surface area (Å²) in [5.74, 6) is -1.85. The van der Waals surface area contributed by atoms with Gasteiger partial charge in [0, 0.05) is 13.0 Å². The van der Waals surface area contributed by atoms with Crippen molar-refractivity contribution in [1.29, 1.82) is 0 Å². The fraction of sp³-hybridized carbons (Fsp3) is 0.393. The molecule has 36 heavy (non-hydrogen) atoms. The van der Waals surface area contributed by atoms with Crippen LogP contribution in [-0.4, -0.2) is 58.5 Å². The van der Waals surface area contributed by atoms with Gasteiger partial charge in [0.2, 0.25) is 5.91 Å². The summed E-state index contributed by atoms with van der Waals surface area (Å²) >= 11 is 0. The van der Waals surface area contributed by atoms with Crippen molar-refractivity contribution < 1.29 is 19.5 Å². The normalized spacial score (nSPS) is 17.0. The van der Waals surface area contributed by atoms with E-state index in [9.17, 15) is 19.5 Å². The number of aliphatic carboxylic acids is 1. The van der Waals surface area contributed by atoms with Gasteiger partial charge in [-0.05, 0) is 24.1 Å². The summed E-state index contributed by atoms with van der Waals surface area (Å²) in [6.45, 7) is 10.7. The first-order chi connectivity index (χ1) is 17.4. The molecule has 0 saturated carbocycles. The standard InChI is InChI=1S/C24H26N4O4.2C2H6/c1-16-7-9-18(10-8-16)19-14-21-23(30)27(11-12-28(21)26-19)15-22(29)25-20(24(31)32)13-17-5-3-2-4-6-17;2*1-2/h2-10,14,19-20,26H,11-13,15H2,1H3,(H,25,29)(H,31,32);2*1-2H3. The van der Waals surface area contributed by atoms with Crippen molar-refractivity contribution >= 4 is 17.8 Å². The Bertz CT molecular complexity index is 1040. The minimum atomic E-state index is -1.11. The van der Waals surface area contributed by atoms with E-state index in [0.717, 1.165) is 16.7 Å². The Labute approximate surface area is 214 Å². The van der Waals surface area contributed by atoms with Crippen molar-refractivity contribution in [3.8, 4) is 0 Å². The van der Waals surface area contributed by atoms with Crippen LogP contribution >= 0.6 is 0 Å². The fourth-order valence-corrected chi connectivity index (χ4v) is 3.94. The van der Waals surface area contributed by atoms with E-state index in [1.807, 2.05) is 100 Å². The van der Waals surface area contributed by atoms with Crippen molar-refractivity contribution in [2.75, 3.05) is 19.6 Å². The monoisotopic (exact) mass is 494 g/mol. The number of nitrogens with one attached hydrogen (secondary N) is 2. The van der Waals surface area contributed by atoms with Crippen molar-refractivity contribution in [2.24, 2.45) is 0 Å². The molecule has 2 aliphatic rings. The molecule has 3 N–H and O–H groups in total. The summed E-state index contributed by atoms with van der Waals surface area (Å²) in [7, 11) is 0. The maximum Gasteiger partial charge on any atom is 0.326 e. The van der Waals surface area contributed by atoms with Crippen LogP contribution in [0.2, 0.25) is 0 Å². The van der Waals surface area contributed by atoms with Crippen molar-refractivity contribution in [3.05, 3.63) is 83.1 Å². The van der Waals surface area contributed by atoms with Crippen LogP contribution < -0.4 is 10.7 Å². The van der Waals surface area contributed by atoms with Gasteiger partial charge in [0.05, 0.1) is 19.1 Å². The number of carboxylic acids is 1. The van der Waals surface area contributed by atoms with E-state index in [-0.39, 0.29) is 24.9 Å². The van der Waals surface area contributed by atoms with Gasteiger partial charge in [0.15, 0.2) is 0 Å². The van der Waals surface area contributed by atoms with Crippen LogP contribution in [0.5, 0.6) is 0 Å². The first kappa shape index (κ1) is 28.6. The SMILES string of the molecule is CC.CC.Cc1ccc(C2C=C3C(=O)N(CC(=O)NC(Cc4ccccc4)C(=O)O)CCN3N2)cc1. The summed E-state index contributed by atoms with van der Waals surface area (Å²) in [6, 6.07) is 16.1. The summed E-state index contributed by atoms with van der Waals surface area (Å²) in [4.78, 5) is 38.6. The van der Waals surface area contributed by atoms with E-state index in [4.69, 9.17) is 0 Å². The quantitative estimate of drug-likeness (QED) is 0.545. The summed E-state index contributed by atoms with van der Waals surface area (Å²) in [5.41, 5.74) is 6.86. The third-order valence-corrected chi connectivity index (χ3v) is 5.70. The van der Waals surface area contributed by atoms with Gasteiger partial charge in [0.1, 0.15) is 11.7 Å². The van der Waals surface area contributed by atoms with Gasteiger partial charge in [-0.3, -0.25) is 9.59 Å². The Hall–Kier alpha value is -3.65. The zero-order valence-electron chi connectivity index (χ0n) is 21.8. The van der Waals surface area contributed by atoms with Crippen LogP contribution in [0.25, 0.3) is 0 Å². The second kappa shape index (κ2) is 14.0. The molecule has 8 heteroatoms. The lowest BCUT2D eigenvalue weighted by Crippen LogP contribution is -2.54. The molecular formula is C28H38N4O4. The fourth-order valence-electron chi connectivity index (χ4n) is 3.94. The molecule has 2 aromatic rings. The van der Waals surface area contributed by atoms with E-state index in [1.54, 1.807) is 0 Å². The average molecular weight is 495 g/mol. The summed E-state index contributed by atoms with van der Waals surface area (Å²) < 4.78 is 0. The number of piperazine rings is 1. The van der Waals surface area contributed by atoms with Crippen LogP contribution in [0.3, 0.4) is 0 Å². The van der Waals surface area contributed by atoms with E-state index in [1.165, 1.54) is 4.90 Å². The molecule has 0 spiro atoms. The molecule has 0 radical (unpaired) electrons. The molecule has 194 valence electrons. The third kappa shape index (κ3) is 7.42. The number of carbonyl (C=O) groups is 3. The molecule has 8 nitrogen and oxygen atoms in total. The highest BCUT2D eigenvalue weighted by molar-refractivity contribution is 5.97. The van der Waals surface area contributed by atoms with Gasteiger partial charge >= 0.3 is 5.97 Å². The number of carbonyl (C=O) groups excluding carboxylic acids is 2. The second-order valence-electron chi connectivity index (χ2n) is 8.10. The van der Waals surface area contributed by atoms with Gasteiger partial charge < -0.3 is 20.3 Å². The Morgan fingerprint density at radius 1 is 1.03 bits per heavy atom. The number of amides is 2. The minimum absolute atomic E-state index is 0.106. The molecule has 2 unspecified atom stereocenters. The number of hydrazine groups is 1. The maximum atomic E-state index is 13.0. The minimum Gasteiger partial charge on any atom is -0.480 e. The lowest BCUT2D eigenvalue weighted by atomic mass is 10.1. The molecule has 2 atom stereocenters. The molecule has 2 amide bonds. The lowest BCUT2D eigenvalue weighted by Gasteiger charge is -2.34. The van der Waals surface area contributed by atoms with Crippen LogP contribution in [-0.2, 0) is 20.8 Å². The number of fused-ring (bicyclic) bond motifs is 1. The topological polar surface area (TPSA) is 102 Å². The highest BCUT2D eigenvalue weighted by Crippen LogP contribution is 2.27. The molecule has 1 saturated heterocycles. The molecule has 2 heterocycles. The number of carboxylic acid groups (broad SMARTS) is 1. The number of aryl methyl sites for hydroxylation is 1. The maximum absolute atomic E-state index is 13.0. The first-order valence-corrected chi connectivity index (χ1v) is 12.6. The highest BCUT2D eigenvalue weighted by atomic mass is 16.4. The van der Waals surface area contributed by atoms with Gasteiger partial charge in [-0.25, -0.2) is 10.2 Å². The number of hydrogen-bond acceptors (Lipinski definition) is 5. The molecule has 2 aliphatic heterocycles. The molecule has 1 fully saturated rings. The van der Waals surface area contributed by atoms with E-state index in [2.05, 4.69) is 10.7 Å². The van der Waals surface area contributed by atoms with E-state index >= 15 is 0 Å². The van der Waals surface area contributed by atoms with Crippen molar-refractivity contribution in [2.45, 2.75) is 53.1 Å². The zero-order chi connectivity index (χ0) is 26.7. The predicted octanol–water partition coefficient (Wildman–Crippen LogP) is 3.45. The average Bonchev–Trinajstić information content (AvgIpc) is 3.34. The van der Waals surface area contributed by atoms with Crippen LogP contribution in [0.4, 0.5) is 0 Å². The van der Waals surface area contributed by atoms with Crippen molar-refractivity contribution in [3.63, 3.8) is 0 Å². The highest BCUT2D eigenvalue weighted by Gasteiger charge is 2.36. The molecule has 2 aromatic carbocycles. The van der Waals surface area contributed by atoms with E-state index < -0.39 is 17.9 Å². The number of rotatable bonds is 7. The van der Waals surface area contributed by atoms with Crippen LogP contribution in [0.15, 0.2) is 66.4 Å². The van der Waals surface area contributed by atoms with Crippen LogP contribution in [0, 0.1) is 6.92 Å². The Morgan fingerprint density at radius 2 is 1.67 bits per heavy atom. The van der Waals surface area contributed by atoms with Crippen LogP contribution in [0.1, 0.15) is 50.4 Å². The van der Waals surface area contributed by atoms with E-state index in [0.29, 0.717) is 18.8 Å². The third-order valence-electron chi connectivity index (χ3n) is 5.70. The second-order valence-corrected chi connectivity index (χ2v) is 8.10. The van der Waals surface area contributed by atoms with Gasteiger partial charge in [-0.15, -0.1) is 0 Å². The summed E-state index contributed by atoms with van der Waals surface area (Å²) in [5, 5.41) is 13.9. The van der Waals surface area contributed by atoms with Crippen molar-refractivity contribution in [1.82, 2.24) is 20.7 Å². The zero-order valence-corrected chi connectivity index (χ0v) is 21.8. The Morgan fingerprint density at radius 3 is 2.28 bits per heavy atom. The Kier molecular flexibility index (Phi) is 11.1. The smallest absolute Gasteiger partial charge is 0.326 e. The summed E-state index contributed by atoms with van der Waals surface area (Å²) in [6.07, 6.45) is 2.05. The number of hydrogen-bond donors (Lipinski definition) is 3. The molecule has 0 aromatic heterocycles. The number of benzene rings is 2. The van der Waals surface area contributed by atoms with Gasteiger partial charge in [-0.2, -0.15) is 0 Å². The van der Waals surface area contributed by atoms with Gasteiger partial charge in [0.25, 0.3) is 5.91 Å². The predicted molar refractivity (Wildman–Crippen MR) is 141 cm³/mol. The largest absolute Gasteiger partial charge is 0.480 e. The number of nitrogens with zero attached hydrogens (tertiary/aromatic N) is 2. The molecular weight excluding hydrogens is 456 g/mol. The molecule has 0 bridgehead atoms. The van der Waals surface area contributed by atoms with Gasteiger partial charge in [-0.1, -0.05) is 87.9 Å². The molecule has 4 rings (SSSR count). The molecule has 0 aliphatic carbocycles. The first-order valence-electron chi connectivity index (χ1n) is 12.6. The Balaban J connectivity index is 0.00000109.